The summed E-state index contributed by atoms with van der Waals surface area (Å²) in [5, 5.41) is 13.2. The molecule has 28 heavy (non-hydrogen) atoms. The number of hydrogen-bond acceptors (Lipinski definition) is 5. The zero-order valence-electron chi connectivity index (χ0n) is 14.2. The van der Waals surface area contributed by atoms with E-state index in [9.17, 15) is 13.2 Å². The monoisotopic (exact) mass is 416 g/mol. The molecule has 0 atom stereocenters. The Morgan fingerprint density at radius 3 is 2.64 bits per heavy atom. The average molecular weight is 417 g/mol. The molecule has 8 nitrogen and oxygen atoms in total. The van der Waals surface area contributed by atoms with Gasteiger partial charge in [-0.1, -0.05) is 29.8 Å². The van der Waals surface area contributed by atoms with Crippen LogP contribution in [0.3, 0.4) is 0 Å². The van der Waals surface area contributed by atoms with Gasteiger partial charge in [0.2, 0.25) is 5.95 Å². The number of imidazole rings is 1. The summed E-state index contributed by atoms with van der Waals surface area (Å²) in [4.78, 5) is 18.5. The summed E-state index contributed by atoms with van der Waals surface area (Å²) in [6.45, 7) is 0. The van der Waals surface area contributed by atoms with Gasteiger partial charge in [0, 0.05) is 11.2 Å². The number of nitrogens with zero attached hydrogens (tertiary/aromatic N) is 3. The molecule has 2 aromatic heterocycles. The van der Waals surface area contributed by atoms with Crippen LogP contribution in [0, 0.1) is 0 Å². The van der Waals surface area contributed by atoms with E-state index in [1.165, 1.54) is 29.2 Å². The van der Waals surface area contributed by atoms with Gasteiger partial charge < -0.3 is 10.1 Å². The van der Waals surface area contributed by atoms with Crippen LogP contribution in [0.2, 0.25) is 5.02 Å². The number of rotatable bonds is 5. The Hall–Kier alpha value is -3.17. The van der Waals surface area contributed by atoms with Crippen LogP contribution in [0.5, 0.6) is 0 Å². The van der Waals surface area contributed by atoms with Gasteiger partial charge in [-0.3, -0.25) is 0 Å². The highest BCUT2D eigenvalue weighted by Gasteiger charge is 2.18. The highest BCUT2D eigenvalue weighted by atomic mass is 35.5. The predicted octanol–water partition coefficient (Wildman–Crippen LogP) is 3.07. The van der Waals surface area contributed by atoms with Crippen LogP contribution in [0.4, 0.5) is 0 Å². The van der Waals surface area contributed by atoms with Crippen LogP contribution in [0.25, 0.3) is 17.0 Å². The number of benzene rings is 2. The van der Waals surface area contributed by atoms with Crippen molar-refractivity contribution in [2.75, 3.05) is 0 Å². The molecule has 2 aromatic carbocycles. The Morgan fingerprint density at radius 1 is 1.21 bits per heavy atom. The zero-order valence-corrected chi connectivity index (χ0v) is 15.8. The molecule has 0 aliphatic carbocycles. The average Bonchev–Trinajstić information content (AvgIpc) is 3.29. The largest absolute Gasteiger partial charge is 0.478 e. The van der Waals surface area contributed by atoms with E-state index in [2.05, 4.69) is 15.1 Å². The third-order valence-corrected chi connectivity index (χ3v) is 6.17. The summed E-state index contributed by atoms with van der Waals surface area (Å²) in [5.41, 5.74) is 1.52. The molecule has 0 aliphatic heterocycles. The van der Waals surface area contributed by atoms with Crippen LogP contribution in [-0.2, 0) is 15.6 Å². The summed E-state index contributed by atoms with van der Waals surface area (Å²) >= 11 is 6.28. The maximum Gasteiger partial charge on any atom is 0.338 e. The highest BCUT2D eigenvalue weighted by molar-refractivity contribution is 7.90. The number of H-pyrrole nitrogens is 1. The number of aromatic nitrogens is 4. The molecule has 0 saturated heterocycles. The minimum absolute atomic E-state index is 0.0214. The second-order valence-electron chi connectivity index (χ2n) is 6.07. The van der Waals surface area contributed by atoms with Crippen LogP contribution < -0.4 is 0 Å². The number of carboxylic acids is 1. The number of sulfone groups is 1. The third kappa shape index (κ3) is 3.37. The smallest absolute Gasteiger partial charge is 0.338 e. The molecule has 0 radical (unpaired) electrons. The molecule has 4 aromatic rings. The van der Waals surface area contributed by atoms with Crippen LogP contribution >= 0.6 is 11.6 Å². The molecule has 0 unspecified atom stereocenters. The first-order valence-corrected chi connectivity index (χ1v) is 10.1. The maximum absolute atomic E-state index is 12.6. The molecule has 0 aliphatic rings. The lowest BCUT2D eigenvalue weighted by Gasteiger charge is -2.06. The second kappa shape index (κ2) is 6.77. The van der Waals surface area contributed by atoms with Gasteiger partial charge >= 0.3 is 5.97 Å². The van der Waals surface area contributed by atoms with Gasteiger partial charge in [0.1, 0.15) is 0 Å². The van der Waals surface area contributed by atoms with Crippen LogP contribution in [0.15, 0.2) is 59.8 Å². The van der Waals surface area contributed by atoms with Crippen LogP contribution in [-0.4, -0.2) is 39.2 Å². The predicted molar refractivity (Wildman–Crippen MR) is 103 cm³/mol. The van der Waals surface area contributed by atoms with Gasteiger partial charge in [-0.25, -0.2) is 22.9 Å². The fourth-order valence-corrected chi connectivity index (χ4v) is 4.44. The van der Waals surface area contributed by atoms with E-state index in [0.29, 0.717) is 22.5 Å². The molecular formula is C18H13ClN4O4S. The summed E-state index contributed by atoms with van der Waals surface area (Å²) in [7, 11) is -3.56. The normalized spacial score (nSPS) is 11.8. The quantitative estimate of drug-likeness (QED) is 0.516. The molecule has 4 rings (SSSR count). The fourth-order valence-electron chi connectivity index (χ4n) is 2.75. The van der Waals surface area contributed by atoms with E-state index < -0.39 is 15.8 Å². The van der Waals surface area contributed by atoms with Gasteiger partial charge in [0.15, 0.2) is 9.84 Å². The standard InChI is InChI=1S/C18H13ClN4O4S/c19-14-7-16-15(21-18(22-16)23-9-12(8-20-23)17(24)25)6-11(14)10-28(26,27)13-4-2-1-3-5-13/h1-9H,10H2,(H,21,22)(H,24,25). The molecule has 10 heteroatoms. The summed E-state index contributed by atoms with van der Waals surface area (Å²) in [6, 6.07) is 11.3. The highest BCUT2D eigenvalue weighted by Crippen LogP contribution is 2.27. The van der Waals surface area contributed by atoms with Crippen molar-refractivity contribution in [2.24, 2.45) is 0 Å². The van der Waals surface area contributed by atoms with Gasteiger partial charge in [0.25, 0.3) is 0 Å². The third-order valence-electron chi connectivity index (χ3n) is 4.13. The van der Waals surface area contributed by atoms with Gasteiger partial charge in [-0.2, -0.15) is 5.10 Å². The lowest BCUT2D eigenvalue weighted by Crippen LogP contribution is -2.05. The molecule has 0 saturated carbocycles. The Labute approximate surface area is 164 Å². The minimum atomic E-state index is -3.56. The van der Waals surface area contributed by atoms with Crippen molar-refractivity contribution >= 4 is 38.4 Å². The van der Waals surface area contributed by atoms with Crippen molar-refractivity contribution in [1.82, 2.24) is 19.7 Å². The number of fused-ring (bicyclic) bond motifs is 1. The van der Waals surface area contributed by atoms with Crippen molar-refractivity contribution in [1.29, 1.82) is 0 Å². The number of aromatic amines is 1. The minimum Gasteiger partial charge on any atom is -0.478 e. The van der Waals surface area contributed by atoms with Gasteiger partial charge in [-0.15, -0.1) is 0 Å². The Balaban J connectivity index is 1.71. The first-order valence-electron chi connectivity index (χ1n) is 8.08. The Kier molecular flexibility index (Phi) is 4.40. The van der Waals surface area contributed by atoms with E-state index in [4.69, 9.17) is 16.7 Å². The van der Waals surface area contributed by atoms with Crippen molar-refractivity contribution < 1.29 is 18.3 Å². The summed E-state index contributed by atoms with van der Waals surface area (Å²) in [6.07, 6.45) is 2.53. The molecular weight excluding hydrogens is 404 g/mol. The maximum atomic E-state index is 12.6. The lowest BCUT2D eigenvalue weighted by atomic mass is 10.2. The number of carboxylic acid groups (broad SMARTS) is 1. The number of hydrogen-bond donors (Lipinski definition) is 2. The molecule has 0 fully saturated rings. The topological polar surface area (TPSA) is 118 Å². The van der Waals surface area contributed by atoms with Crippen molar-refractivity contribution in [3.8, 4) is 5.95 Å². The second-order valence-corrected chi connectivity index (χ2v) is 8.47. The first-order chi connectivity index (χ1) is 13.3. The lowest BCUT2D eigenvalue weighted by molar-refractivity contribution is 0.0697. The van der Waals surface area contributed by atoms with Crippen LogP contribution in [0.1, 0.15) is 15.9 Å². The van der Waals surface area contributed by atoms with Crippen molar-refractivity contribution in [3.63, 3.8) is 0 Å². The number of carbonyl (C=O) groups is 1. The number of nitrogens with one attached hydrogen (secondary N) is 1. The van der Waals surface area contributed by atoms with E-state index >= 15 is 0 Å². The molecule has 2 N–H and O–H groups in total. The number of halogens is 1. The number of aromatic carboxylic acids is 1. The summed E-state index contributed by atoms with van der Waals surface area (Å²) in [5.74, 6) is -1.06. The van der Waals surface area contributed by atoms with E-state index in [-0.39, 0.29) is 21.2 Å². The van der Waals surface area contributed by atoms with E-state index in [0.717, 1.165) is 0 Å². The Morgan fingerprint density at radius 2 is 1.96 bits per heavy atom. The van der Waals surface area contributed by atoms with Gasteiger partial charge in [-0.05, 0) is 29.8 Å². The van der Waals surface area contributed by atoms with Crippen molar-refractivity contribution in [3.05, 3.63) is 71.0 Å². The van der Waals surface area contributed by atoms with Gasteiger partial charge in [0.05, 0.1) is 33.4 Å². The van der Waals surface area contributed by atoms with E-state index in [1.54, 1.807) is 30.3 Å². The first kappa shape index (κ1) is 18.2. The summed E-state index contributed by atoms with van der Waals surface area (Å²) < 4.78 is 26.5. The van der Waals surface area contributed by atoms with E-state index in [1.807, 2.05) is 0 Å². The molecule has 0 bridgehead atoms. The zero-order chi connectivity index (χ0) is 19.9. The molecule has 0 spiro atoms. The molecule has 2 heterocycles. The molecule has 0 amide bonds. The van der Waals surface area contributed by atoms with Crippen molar-refractivity contribution in [2.45, 2.75) is 10.6 Å². The molecule has 142 valence electrons. The Bertz CT molecular complexity index is 1300. The fraction of sp³-hybridized carbons (Fsp3) is 0.0556. The SMILES string of the molecule is O=C(O)c1cnn(-c2nc3cc(Cl)c(CS(=O)(=O)c4ccccc4)cc3[nH]2)c1.